The second kappa shape index (κ2) is 5.60. The molecule has 0 aromatic heterocycles. The molecule has 2 heterocycles. The number of benzene rings is 1. The van der Waals surface area contributed by atoms with Gasteiger partial charge < -0.3 is 10.2 Å². The first-order valence-corrected chi connectivity index (χ1v) is 7.22. The number of hydrogen-bond acceptors (Lipinski definition) is 3. The van der Waals surface area contributed by atoms with Gasteiger partial charge in [0.2, 0.25) is 5.91 Å². The molecular formula is C17H17N3O. The van der Waals surface area contributed by atoms with Crippen molar-refractivity contribution in [2.75, 3.05) is 0 Å². The average molecular weight is 279 g/mol. The lowest BCUT2D eigenvalue weighted by molar-refractivity contribution is -0.134. The van der Waals surface area contributed by atoms with Crippen LogP contribution in [0, 0.1) is 23.7 Å². The van der Waals surface area contributed by atoms with E-state index in [4.69, 9.17) is 6.42 Å². The molecule has 4 nitrogen and oxygen atoms in total. The number of likely N-dealkylation sites (tertiary alicyclic amines) is 1. The number of hydrogen-bond donors (Lipinski definition) is 1. The Labute approximate surface area is 124 Å². The molecular weight excluding hydrogens is 262 g/mol. The molecule has 2 aliphatic heterocycles. The molecule has 0 aliphatic carbocycles. The minimum Gasteiger partial charge on any atom is -0.311 e. The van der Waals surface area contributed by atoms with Crippen molar-refractivity contribution in [1.82, 2.24) is 10.2 Å². The standard InChI is InChI=1S/C17H17N3O/c1-2-14-7-8-15(10-18)20(14)17(21)16-9-12-5-3-4-6-13(12)11-19-16/h1,3-6,14-16,19H,7-9,11H2/t14?,15-,16-/m0/s1. The molecule has 1 N–H and O–H groups in total. The minimum absolute atomic E-state index is 0.0449. The highest BCUT2D eigenvalue weighted by molar-refractivity contribution is 5.84. The fraction of sp³-hybridized carbons (Fsp3) is 0.412. The van der Waals surface area contributed by atoms with Crippen LogP contribution in [0.25, 0.3) is 0 Å². The van der Waals surface area contributed by atoms with Crippen molar-refractivity contribution in [3.63, 3.8) is 0 Å². The molecule has 106 valence electrons. The van der Waals surface area contributed by atoms with Gasteiger partial charge in [0.15, 0.2) is 0 Å². The van der Waals surface area contributed by atoms with Crippen LogP contribution in [0.3, 0.4) is 0 Å². The lowest BCUT2D eigenvalue weighted by Crippen LogP contribution is -2.52. The van der Waals surface area contributed by atoms with E-state index in [2.05, 4.69) is 29.4 Å². The van der Waals surface area contributed by atoms with E-state index in [-0.39, 0.29) is 18.0 Å². The molecule has 1 amide bonds. The quantitative estimate of drug-likeness (QED) is 0.786. The van der Waals surface area contributed by atoms with Gasteiger partial charge in [-0.2, -0.15) is 5.26 Å². The molecule has 1 fully saturated rings. The fourth-order valence-electron chi connectivity index (χ4n) is 3.22. The van der Waals surface area contributed by atoms with Crippen LogP contribution in [0.1, 0.15) is 24.0 Å². The summed E-state index contributed by atoms with van der Waals surface area (Å²) in [5.74, 6) is 2.60. The van der Waals surface area contributed by atoms with E-state index in [0.29, 0.717) is 25.8 Å². The van der Waals surface area contributed by atoms with Crippen molar-refractivity contribution in [2.45, 2.75) is 43.9 Å². The van der Waals surface area contributed by atoms with Crippen LogP contribution >= 0.6 is 0 Å². The predicted octanol–water partition coefficient (Wildman–Crippen LogP) is 1.22. The maximum Gasteiger partial charge on any atom is 0.242 e. The third-order valence-electron chi connectivity index (χ3n) is 4.36. The predicted molar refractivity (Wildman–Crippen MR) is 78.9 cm³/mol. The maximum absolute atomic E-state index is 12.8. The van der Waals surface area contributed by atoms with Gasteiger partial charge in [0.1, 0.15) is 6.04 Å². The molecule has 0 saturated carbocycles. The van der Waals surface area contributed by atoms with E-state index >= 15 is 0 Å². The van der Waals surface area contributed by atoms with E-state index in [1.807, 2.05) is 12.1 Å². The van der Waals surface area contributed by atoms with Crippen molar-refractivity contribution < 1.29 is 4.79 Å². The van der Waals surface area contributed by atoms with E-state index in [1.54, 1.807) is 4.90 Å². The zero-order chi connectivity index (χ0) is 14.8. The average Bonchev–Trinajstić information content (AvgIpc) is 2.96. The maximum atomic E-state index is 12.8. The van der Waals surface area contributed by atoms with Gasteiger partial charge in [0, 0.05) is 6.54 Å². The molecule has 1 unspecified atom stereocenters. The third-order valence-corrected chi connectivity index (χ3v) is 4.36. The second-order valence-electron chi connectivity index (χ2n) is 5.56. The molecule has 1 aromatic carbocycles. The van der Waals surface area contributed by atoms with Crippen LogP contribution in [0.15, 0.2) is 24.3 Å². The van der Waals surface area contributed by atoms with Crippen molar-refractivity contribution in [1.29, 1.82) is 5.26 Å². The topological polar surface area (TPSA) is 56.1 Å². The van der Waals surface area contributed by atoms with Gasteiger partial charge in [-0.15, -0.1) is 6.42 Å². The van der Waals surface area contributed by atoms with Crippen molar-refractivity contribution in [2.24, 2.45) is 0 Å². The number of carbonyl (C=O) groups excluding carboxylic acids is 1. The van der Waals surface area contributed by atoms with Crippen LogP contribution in [0.4, 0.5) is 0 Å². The summed E-state index contributed by atoms with van der Waals surface area (Å²) in [6.07, 6.45) is 7.54. The second-order valence-corrected chi connectivity index (χ2v) is 5.56. The highest BCUT2D eigenvalue weighted by atomic mass is 16.2. The molecule has 4 heteroatoms. The van der Waals surface area contributed by atoms with Crippen LogP contribution in [-0.2, 0) is 17.8 Å². The van der Waals surface area contributed by atoms with Crippen molar-refractivity contribution in [3.05, 3.63) is 35.4 Å². The van der Waals surface area contributed by atoms with Crippen molar-refractivity contribution in [3.8, 4) is 18.4 Å². The monoisotopic (exact) mass is 279 g/mol. The summed E-state index contributed by atoms with van der Waals surface area (Å²) < 4.78 is 0. The summed E-state index contributed by atoms with van der Waals surface area (Å²) in [6.45, 7) is 0.679. The van der Waals surface area contributed by atoms with Crippen molar-refractivity contribution >= 4 is 5.91 Å². The number of carbonyl (C=O) groups is 1. The van der Waals surface area contributed by atoms with Gasteiger partial charge in [0.05, 0.1) is 18.2 Å². The number of terminal acetylenes is 1. The number of nitriles is 1. The molecule has 3 atom stereocenters. The Hall–Kier alpha value is -2.30. The highest BCUT2D eigenvalue weighted by Gasteiger charge is 2.39. The summed E-state index contributed by atoms with van der Waals surface area (Å²) >= 11 is 0. The van der Waals surface area contributed by atoms with Gasteiger partial charge in [-0.1, -0.05) is 30.2 Å². The number of nitrogens with zero attached hydrogens (tertiary/aromatic N) is 2. The summed E-state index contributed by atoms with van der Waals surface area (Å²) in [5, 5.41) is 12.5. The van der Waals surface area contributed by atoms with Gasteiger partial charge in [-0.3, -0.25) is 4.79 Å². The molecule has 1 saturated heterocycles. The lowest BCUT2D eigenvalue weighted by Gasteiger charge is -2.32. The van der Waals surface area contributed by atoms with E-state index in [0.717, 1.165) is 0 Å². The molecule has 1 aromatic rings. The Morgan fingerprint density at radius 3 is 2.71 bits per heavy atom. The largest absolute Gasteiger partial charge is 0.311 e. The van der Waals surface area contributed by atoms with Crippen LogP contribution in [0.2, 0.25) is 0 Å². The third kappa shape index (κ3) is 2.39. The normalized spacial score (nSPS) is 27.5. The minimum atomic E-state index is -0.391. The molecule has 21 heavy (non-hydrogen) atoms. The first-order valence-electron chi connectivity index (χ1n) is 7.22. The van der Waals surface area contributed by atoms with Crippen LogP contribution in [-0.4, -0.2) is 28.9 Å². The number of amides is 1. The Kier molecular flexibility index (Phi) is 3.64. The zero-order valence-corrected chi connectivity index (χ0v) is 11.7. The summed E-state index contributed by atoms with van der Waals surface area (Å²) in [7, 11) is 0. The Morgan fingerprint density at radius 2 is 2.00 bits per heavy atom. The number of nitrogens with one attached hydrogen (secondary N) is 1. The molecule has 0 bridgehead atoms. The first-order chi connectivity index (χ1) is 10.2. The SMILES string of the molecule is C#CC1CC[C@@H](C#N)N1C(=O)[C@@H]1Cc2ccccc2CN1. The van der Waals surface area contributed by atoms with Crippen LogP contribution < -0.4 is 5.32 Å². The number of fused-ring (bicyclic) bond motifs is 1. The fourth-order valence-corrected chi connectivity index (χ4v) is 3.22. The lowest BCUT2D eigenvalue weighted by atomic mass is 9.95. The van der Waals surface area contributed by atoms with Gasteiger partial charge in [-0.25, -0.2) is 0 Å². The molecule has 0 spiro atoms. The van der Waals surface area contributed by atoms with Gasteiger partial charge in [-0.05, 0) is 30.4 Å². The Bertz CT molecular complexity index is 618. The smallest absolute Gasteiger partial charge is 0.242 e. The molecule has 3 rings (SSSR count). The summed E-state index contributed by atoms with van der Waals surface area (Å²) in [6, 6.07) is 9.39. The van der Waals surface area contributed by atoms with E-state index in [1.165, 1.54) is 11.1 Å². The van der Waals surface area contributed by atoms with E-state index < -0.39 is 6.04 Å². The molecule has 2 aliphatic rings. The van der Waals surface area contributed by atoms with Gasteiger partial charge >= 0.3 is 0 Å². The van der Waals surface area contributed by atoms with E-state index in [9.17, 15) is 10.1 Å². The Balaban J connectivity index is 1.80. The summed E-state index contributed by atoms with van der Waals surface area (Å²) in [5.41, 5.74) is 2.42. The van der Waals surface area contributed by atoms with Crippen LogP contribution in [0.5, 0.6) is 0 Å². The molecule has 0 radical (unpaired) electrons. The summed E-state index contributed by atoms with van der Waals surface area (Å²) in [4.78, 5) is 14.4. The highest BCUT2D eigenvalue weighted by Crippen LogP contribution is 2.26. The first kappa shape index (κ1) is 13.7. The number of rotatable bonds is 1. The Morgan fingerprint density at radius 1 is 1.29 bits per heavy atom. The zero-order valence-electron chi connectivity index (χ0n) is 11.7. The van der Waals surface area contributed by atoms with Gasteiger partial charge in [0.25, 0.3) is 0 Å².